The van der Waals surface area contributed by atoms with Gasteiger partial charge in [0.05, 0.1) is 18.9 Å². The smallest absolute Gasteiger partial charge is 0.113 e. The maximum Gasteiger partial charge on any atom is 0.113 e. The number of β-amino-alcohol motifs (C(OH)–C–C–N with tert-alkyl or cyclic N) is 1. The Bertz CT molecular complexity index is 405. The lowest BCUT2D eigenvalue weighted by molar-refractivity contribution is -0.0448. The first-order chi connectivity index (χ1) is 9.50. The van der Waals surface area contributed by atoms with Crippen LogP contribution in [0.3, 0.4) is 0 Å². The first-order valence-corrected chi connectivity index (χ1v) is 7.20. The van der Waals surface area contributed by atoms with Gasteiger partial charge in [-0.1, -0.05) is 0 Å². The molecule has 3 N–H and O–H groups in total. The van der Waals surface area contributed by atoms with Gasteiger partial charge >= 0.3 is 0 Å². The number of hydrogen-bond acceptors (Lipinski definition) is 5. The Morgan fingerprint density at radius 1 is 1.45 bits per heavy atom. The first kappa shape index (κ1) is 15.4. The van der Waals surface area contributed by atoms with Gasteiger partial charge in [-0.2, -0.15) is 5.10 Å². The lowest BCUT2D eigenvalue weighted by Crippen LogP contribution is -2.50. The summed E-state index contributed by atoms with van der Waals surface area (Å²) in [6.07, 6.45) is 0.940. The summed E-state index contributed by atoms with van der Waals surface area (Å²) in [7, 11) is 2.04. The summed E-state index contributed by atoms with van der Waals surface area (Å²) < 4.78 is 5.45. The van der Waals surface area contributed by atoms with E-state index in [0.29, 0.717) is 26.3 Å². The van der Waals surface area contributed by atoms with Gasteiger partial charge in [0.15, 0.2) is 0 Å². The van der Waals surface area contributed by atoms with Crippen LogP contribution in [-0.2, 0) is 11.2 Å². The molecule has 6 heteroatoms. The summed E-state index contributed by atoms with van der Waals surface area (Å²) in [5.74, 6) is 0. The van der Waals surface area contributed by atoms with E-state index in [4.69, 9.17) is 4.74 Å². The summed E-state index contributed by atoms with van der Waals surface area (Å²) in [4.78, 5) is 2.15. The fourth-order valence-corrected chi connectivity index (χ4v) is 2.71. The lowest BCUT2D eigenvalue weighted by Gasteiger charge is -2.30. The standard InChI is InChI=1S/C14H26N4O2/c1-11-13(12(2)17-16-11)4-6-18(3)9-14(19)8-15-5-7-20-10-14/h15,19H,4-10H2,1-3H3,(H,16,17). The van der Waals surface area contributed by atoms with Crippen molar-refractivity contribution in [3.05, 3.63) is 17.0 Å². The van der Waals surface area contributed by atoms with Gasteiger partial charge in [-0.05, 0) is 32.9 Å². The molecule has 1 aromatic rings. The first-order valence-electron chi connectivity index (χ1n) is 7.20. The molecule has 2 rings (SSSR count). The summed E-state index contributed by atoms with van der Waals surface area (Å²) in [5, 5.41) is 21.0. The molecule has 6 nitrogen and oxygen atoms in total. The fourth-order valence-electron chi connectivity index (χ4n) is 2.71. The van der Waals surface area contributed by atoms with Crippen LogP contribution in [-0.4, -0.2) is 72.2 Å². The van der Waals surface area contributed by atoms with Crippen molar-refractivity contribution in [2.75, 3.05) is 46.4 Å². The van der Waals surface area contributed by atoms with Crippen molar-refractivity contribution in [3.63, 3.8) is 0 Å². The Morgan fingerprint density at radius 2 is 2.25 bits per heavy atom. The third-order valence-corrected chi connectivity index (χ3v) is 3.84. The Kier molecular flexibility index (Phi) is 5.15. The quantitative estimate of drug-likeness (QED) is 0.700. The number of nitrogens with zero attached hydrogens (tertiary/aromatic N) is 2. The zero-order valence-electron chi connectivity index (χ0n) is 12.7. The highest BCUT2D eigenvalue weighted by Gasteiger charge is 2.30. The number of hydrogen-bond donors (Lipinski definition) is 3. The number of aromatic nitrogens is 2. The van der Waals surface area contributed by atoms with Gasteiger partial charge in [-0.25, -0.2) is 0 Å². The van der Waals surface area contributed by atoms with Crippen LogP contribution in [0.25, 0.3) is 0 Å². The van der Waals surface area contributed by atoms with Crippen LogP contribution < -0.4 is 5.32 Å². The van der Waals surface area contributed by atoms with Crippen LogP contribution in [0.5, 0.6) is 0 Å². The van der Waals surface area contributed by atoms with Crippen LogP contribution in [0.4, 0.5) is 0 Å². The number of nitrogens with one attached hydrogen (secondary N) is 2. The summed E-state index contributed by atoms with van der Waals surface area (Å²) in [6, 6.07) is 0. The minimum Gasteiger partial charge on any atom is -0.385 e. The number of rotatable bonds is 5. The Hall–Kier alpha value is -0.950. The molecular formula is C14H26N4O2. The third kappa shape index (κ3) is 4.02. The minimum absolute atomic E-state index is 0.397. The number of aliphatic hydroxyl groups is 1. The fraction of sp³-hybridized carbons (Fsp3) is 0.786. The van der Waals surface area contributed by atoms with Crippen LogP contribution in [0.15, 0.2) is 0 Å². The van der Waals surface area contributed by atoms with Crippen LogP contribution >= 0.6 is 0 Å². The average molecular weight is 282 g/mol. The SMILES string of the molecule is Cc1n[nH]c(C)c1CCN(C)CC1(O)CNCCOC1. The van der Waals surface area contributed by atoms with Crippen LogP contribution in [0.2, 0.25) is 0 Å². The maximum absolute atomic E-state index is 10.5. The average Bonchev–Trinajstić information content (AvgIpc) is 2.59. The molecule has 0 bridgehead atoms. The second-order valence-electron chi connectivity index (χ2n) is 5.85. The summed E-state index contributed by atoms with van der Waals surface area (Å²) in [5.41, 5.74) is 2.67. The molecule has 1 aromatic heterocycles. The summed E-state index contributed by atoms with van der Waals surface area (Å²) >= 11 is 0. The van der Waals surface area contributed by atoms with Crippen molar-refractivity contribution in [3.8, 4) is 0 Å². The van der Waals surface area contributed by atoms with E-state index in [1.54, 1.807) is 0 Å². The molecule has 2 heterocycles. The number of aromatic amines is 1. The van der Waals surface area contributed by atoms with E-state index in [2.05, 4.69) is 20.4 Å². The third-order valence-electron chi connectivity index (χ3n) is 3.84. The molecule has 1 aliphatic rings. The van der Waals surface area contributed by atoms with E-state index < -0.39 is 5.60 Å². The van der Waals surface area contributed by atoms with Gasteiger partial charge in [-0.15, -0.1) is 0 Å². The predicted molar refractivity (Wildman–Crippen MR) is 77.9 cm³/mol. The van der Waals surface area contributed by atoms with Crippen LogP contribution in [0, 0.1) is 13.8 Å². The molecule has 0 radical (unpaired) electrons. The van der Waals surface area contributed by atoms with Crippen molar-refractivity contribution in [2.45, 2.75) is 25.9 Å². The number of aryl methyl sites for hydroxylation is 2. The minimum atomic E-state index is -0.800. The second-order valence-corrected chi connectivity index (χ2v) is 5.85. The van der Waals surface area contributed by atoms with E-state index in [9.17, 15) is 5.11 Å². The molecule has 114 valence electrons. The topological polar surface area (TPSA) is 73.4 Å². The molecule has 0 amide bonds. The zero-order chi connectivity index (χ0) is 14.6. The molecule has 0 aromatic carbocycles. The second kappa shape index (κ2) is 6.67. The van der Waals surface area contributed by atoms with Crippen LogP contribution in [0.1, 0.15) is 17.0 Å². The van der Waals surface area contributed by atoms with E-state index in [1.807, 2.05) is 20.9 Å². The molecule has 20 heavy (non-hydrogen) atoms. The highest BCUT2D eigenvalue weighted by Crippen LogP contribution is 2.12. The highest BCUT2D eigenvalue weighted by atomic mass is 16.5. The van der Waals surface area contributed by atoms with Gasteiger partial charge < -0.3 is 20.1 Å². The van der Waals surface area contributed by atoms with Crippen molar-refractivity contribution < 1.29 is 9.84 Å². The monoisotopic (exact) mass is 282 g/mol. The van der Waals surface area contributed by atoms with Gasteiger partial charge in [0, 0.05) is 31.9 Å². The van der Waals surface area contributed by atoms with Crippen molar-refractivity contribution in [1.29, 1.82) is 0 Å². The lowest BCUT2D eigenvalue weighted by atomic mass is 10.0. The molecule has 0 spiro atoms. The van der Waals surface area contributed by atoms with Crippen molar-refractivity contribution in [1.82, 2.24) is 20.4 Å². The van der Waals surface area contributed by atoms with E-state index in [1.165, 1.54) is 5.56 Å². The highest BCUT2D eigenvalue weighted by molar-refractivity contribution is 5.23. The normalized spacial score (nSPS) is 24.1. The molecule has 1 atom stereocenters. The molecular weight excluding hydrogens is 256 g/mol. The van der Waals surface area contributed by atoms with Gasteiger partial charge in [0.25, 0.3) is 0 Å². The molecule has 1 fully saturated rings. The summed E-state index contributed by atoms with van der Waals surface area (Å²) in [6.45, 7) is 8.02. The van der Waals surface area contributed by atoms with Crippen molar-refractivity contribution in [2.24, 2.45) is 0 Å². The van der Waals surface area contributed by atoms with Crippen molar-refractivity contribution >= 4 is 0 Å². The number of likely N-dealkylation sites (N-methyl/N-ethyl adjacent to an activating group) is 1. The van der Waals surface area contributed by atoms with Gasteiger partial charge in [0.1, 0.15) is 5.60 Å². The van der Waals surface area contributed by atoms with E-state index >= 15 is 0 Å². The van der Waals surface area contributed by atoms with Gasteiger partial charge in [0.2, 0.25) is 0 Å². The number of ether oxygens (including phenoxy) is 1. The zero-order valence-corrected chi connectivity index (χ0v) is 12.7. The largest absolute Gasteiger partial charge is 0.385 e. The molecule has 0 aliphatic carbocycles. The molecule has 1 unspecified atom stereocenters. The van der Waals surface area contributed by atoms with E-state index in [-0.39, 0.29) is 0 Å². The molecule has 1 saturated heterocycles. The molecule has 0 saturated carbocycles. The Balaban J connectivity index is 1.84. The van der Waals surface area contributed by atoms with Gasteiger partial charge in [-0.3, -0.25) is 5.10 Å². The Morgan fingerprint density at radius 3 is 2.95 bits per heavy atom. The Labute approximate surface area is 120 Å². The number of H-pyrrole nitrogens is 1. The predicted octanol–water partition coefficient (Wildman–Crippen LogP) is -0.148. The molecule has 1 aliphatic heterocycles. The van der Waals surface area contributed by atoms with E-state index in [0.717, 1.165) is 30.9 Å². The maximum atomic E-state index is 10.5.